The first-order valence-electron chi connectivity index (χ1n) is 40.0. The molecule has 0 aliphatic carbocycles. The Morgan fingerprint density at radius 2 is 0.708 bits per heavy atom. The lowest BCUT2D eigenvalue weighted by atomic mass is 10.1. The number of anilines is 3. The van der Waals surface area contributed by atoms with Crippen LogP contribution >= 0.6 is 47.8 Å². The Bertz CT molecular complexity index is 5670. The third-order valence-electron chi connectivity index (χ3n) is 10.4. The van der Waals surface area contributed by atoms with Crippen LogP contribution in [0.3, 0.4) is 0 Å². The third-order valence-corrected chi connectivity index (χ3v) is 14.3. The van der Waals surface area contributed by atoms with Gasteiger partial charge in [-0.1, -0.05) is 105 Å². The van der Waals surface area contributed by atoms with Crippen molar-refractivity contribution in [1.29, 1.82) is 0 Å². The van der Waals surface area contributed by atoms with Gasteiger partial charge in [0.1, 0.15) is 58.6 Å². The van der Waals surface area contributed by atoms with Crippen LogP contribution in [-0.2, 0) is 30.6 Å². The second-order valence-corrected chi connectivity index (χ2v) is 24.3. The van der Waals surface area contributed by atoms with Crippen molar-refractivity contribution < 1.29 is 89.3 Å². The van der Waals surface area contributed by atoms with E-state index in [1.165, 1.54) is 27.7 Å². The Balaban J connectivity index is 0.000000252. The quantitative estimate of drug-likeness (QED) is 0.0208. The van der Waals surface area contributed by atoms with E-state index in [-0.39, 0.29) is 136 Å². The molecule has 0 amide bonds. The highest BCUT2D eigenvalue weighted by Crippen LogP contribution is 2.38. The van der Waals surface area contributed by atoms with E-state index in [1.807, 2.05) is 9.44 Å². The summed E-state index contributed by atoms with van der Waals surface area (Å²) >= 11 is 8.98. The van der Waals surface area contributed by atoms with Crippen LogP contribution in [0.1, 0.15) is 92.3 Å². The van der Waals surface area contributed by atoms with Gasteiger partial charge < -0.3 is 28.4 Å². The zero-order valence-electron chi connectivity index (χ0n) is 76.5. The first-order valence-corrected chi connectivity index (χ1v) is 33.8. The molecule has 0 aliphatic heterocycles. The Morgan fingerprint density at radius 3 is 1.04 bits per heavy atom. The third kappa shape index (κ3) is 24.9. The van der Waals surface area contributed by atoms with E-state index in [0.717, 1.165) is 25.9 Å². The van der Waals surface area contributed by atoms with Gasteiger partial charge in [-0.3, -0.25) is 14.2 Å². The Labute approximate surface area is 618 Å². The number of hydrogen-bond donors (Lipinski definition) is 6. The predicted octanol–water partition coefficient (Wildman–Crippen LogP) is 9.36. The van der Waals surface area contributed by atoms with Gasteiger partial charge in [0.05, 0.1) is 44.1 Å². The zero-order chi connectivity index (χ0) is 91.8. The summed E-state index contributed by atoms with van der Waals surface area (Å²) in [7, 11) is -13.8. The average Bonchev–Trinajstić information content (AvgIpc) is 0.765. The summed E-state index contributed by atoms with van der Waals surface area (Å²) < 4.78 is 329. The summed E-state index contributed by atoms with van der Waals surface area (Å²) in [6.45, 7) is -1.58. The minimum absolute atomic E-state index is 0.0690. The van der Waals surface area contributed by atoms with Crippen LogP contribution in [0.5, 0.6) is 35.7 Å². The van der Waals surface area contributed by atoms with Crippen LogP contribution in [0.2, 0.25) is 0 Å². The molecule has 0 saturated heterocycles. The molecule has 0 unspecified atom stereocenters. The topological polar surface area (TPSA) is 385 Å². The highest BCUT2D eigenvalue weighted by Gasteiger charge is 2.23. The summed E-state index contributed by atoms with van der Waals surface area (Å²) in [6, 6.07) is -7.49. The fourth-order valence-electron chi connectivity index (χ4n) is 6.44. The zero-order valence-corrected chi connectivity index (χ0v) is 57.7. The van der Waals surface area contributed by atoms with Gasteiger partial charge in [-0.05, 0) is 110 Å². The molecule has 9 aromatic rings. The first-order chi connectivity index (χ1) is 56.4. The lowest BCUT2D eigenvalue weighted by Crippen LogP contribution is -2.31. The van der Waals surface area contributed by atoms with Crippen LogP contribution in [0, 0.1) is 20.8 Å². The normalized spacial score (nSPS) is 15.7. The van der Waals surface area contributed by atoms with E-state index in [1.54, 1.807) is 11.6 Å². The SMILES string of the molecule is [2H]c1nc(OCC([2H])([2H])Oc2ncnc(NS(=O)(=O)NCCC)c2-c2c([2H])c([2H])c(Br)c([2H])c2[2H])nc([2H])c1C.[2H]c1nc(OCCOc2ncnc(NS(=O)(=O)NC([2H])([2H])C([2H])([2H])C)c2-c2c([2H])c([2H])c(Br)c([2H])c2[2H])nc([2H])c1C.[2H]c1nc(OCCOc2ncnc(NS(=O)(=O)NC([2H])([2H])CC)c2-c2c([2H])c([2H])c(Br)c([2H])c2[2H])nc([2H])c1C. The molecular formula is C60H69Br3N18O12S3. The average molecular weight is 1600 g/mol. The molecule has 0 atom stereocenters. The molecule has 0 saturated carbocycles. The number of rotatable bonds is 33. The molecule has 0 radical (unpaired) electrons. The lowest BCUT2D eigenvalue weighted by molar-refractivity contribution is 0.202. The summed E-state index contributed by atoms with van der Waals surface area (Å²) in [5, 5.41) is 0. The minimum Gasteiger partial charge on any atom is -0.473 e. The monoisotopic (exact) mass is 1590 g/mol. The maximum Gasteiger partial charge on any atom is 0.316 e. The van der Waals surface area contributed by atoms with E-state index in [4.69, 9.17) is 64.1 Å². The van der Waals surface area contributed by atoms with Crippen molar-refractivity contribution in [2.45, 2.75) is 60.8 Å². The highest BCUT2D eigenvalue weighted by molar-refractivity contribution is 9.11. The molecule has 3 aromatic carbocycles. The van der Waals surface area contributed by atoms with Gasteiger partial charge in [0.2, 0.25) is 17.6 Å². The molecule has 0 spiro atoms. The van der Waals surface area contributed by atoms with Crippen molar-refractivity contribution in [1.82, 2.24) is 74.0 Å². The molecule has 9 rings (SSSR count). The second kappa shape index (κ2) is 37.7. The Hall–Kier alpha value is -8.49. The lowest BCUT2D eigenvalue weighted by Gasteiger charge is -2.15. The van der Waals surface area contributed by atoms with Crippen LogP contribution in [0.4, 0.5) is 17.5 Å². The molecule has 36 heteroatoms. The maximum absolute atomic E-state index is 12.8. The van der Waals surface area contributed by atoms with Crippen LogP contribution in [-0.4, -0.2) is 144 Å². The molecule has 0 bridgehead atoms. The van der Waals surface area contributed by atoms with E-state index in [0.29, 0.717) is 6.42 Å². The molecule has 510 valence electrons. The summed E-state index contributed by atoms with van der Waals surface area (Å²) in [6.07, 6.45) is -1.15. The first kappa shape index (κ1) is 45.9. The van der Waals surface area contributed by atoms with Crippen molar-refractivity contribution in [3.8, 4) is 69.1 Å². The number of aromatic nitrogens is 12. The molecule has 96 heavy (non-hydrogen) atoms. The van der Waals surface area contributed by atoms with Gasteiger partial charge in [0.25, 0.3) is 30.6 Å². The minimum atomic E-state index is -4.91. The fourth-order valence-corrected chi connectivity index (χ4v) is 9.48. The molecule has 6 N–H and O–H groups in total. The van der Waals surface area contributed by atoms with Crippen molar-refractivity contribution in [2.24, 2.45) is 0 Å². The van der Waals surface area contributed by atoms with E-state index < -0.39 is 193 Å². The van der Waals surface area contributed by atoms with Crippen molar-refractivity contribution in [3.05, 3.63) is 159 Å². The number of hydrogen-bond acceptors (Lipinski definition) is 24. The summed E-state index contributed by atoms with van der Waals surface area (Å²) in [5.74, 6) is -3.04. The summed E-state index contributed by atoms with van der Waals surface area (Å²) in [4.78, 5) is 46.0. The summed E-state index contributed by atoms with van der Waals surface area (Å²) in [5.41, 5.74) is -1.86. The largest absolute Gasteiger partial charge is 0.473 e. The van der Waals surface area contributed by atoms with Gasteiger partial charge in [-0.2, -0.15) is 39.4 Å². The number of ether oxygens (including phenoxy) is 6. The number of nitrogens with zero attached hydrogens (tertiary/aromatic N) is 12. The van der Waals surface area contributed by atoms with Crippen molar-refractivity contribution in [3.63, 3.8) is 0 Å². The molecule has 6 heterocycles. The smallest absolute Gasteiger partial charge is 0.316 e. The molecule has 6 aromatic heterocycles. The van der Waals surface area contributed by atoms with E-state index >= 15 is 0 Å². The van der Waals surface area contributed by atoms with Gasteiger partial charge in [-0.15, -0.1) is 0 Å². The number of halogens is 3. The highest BCUT2D eigenvalue weighted by atomic mass is 79.9. The molecule has 0 fully saturated rings. The van der Waals surface area contributed by atoms with E-state index in [2.05, 4.69) is 122 Å². The molecule has 30 nitrogen and oxygen atoms in total. The fraction of sp³-hybridized carbons (Fsp3) is 0.300. The molecule has 0 aliphatic rings. The second-order valence-electron chi connectivity index (χ2n) is 17.6. The van der Waals surface area contributed by atoms with Crippen LogP contribution < -0.4 is 56.8 Å². The van der Waals surface area contributed by atoms with Crippen molar-refractivity contribution in [2.75, 3.05) is 73.3 Å². The maximum atomic E-state index is 12.8. The standard InChI is InChI=1S/3C20H23BrN6O4S/c3*1-3-8-26-32(28,29)27-18-17(15-4-6-16(21)7-5-15)19(25-13-24-18)30-9-10-31-20-22-11-14(2)12-23-20/h3*4-7,11-13,26H,3,8-10H2,1-2H3,(H,24,25,27)/i3D2,4D,5D,6D,7D,8D2,11D,12D;4D,5D,6D,7D,9D2,11D,12D;4D,5D,6D,7D,8D2,11D,12D. The van der Waals surface area contributed by atoms with E-state index in [9.17, 15) is 25.3 Å². The van der Waals surface area contributed by atoms with Gasteiger partial charge in [0.15, 0.2) is 17.5 Å². The molecular weight excluding hydrogens is 1500 g/mol. The van der Waals surface area contributed by atoms with Crippen LogP contribution in [0.25, 0.3) is 33.4 Å². The number of nitrogens with one attached hydrogen (secondary N) is 6. The predicted molar refractivity (Wildman–Crippen MR) is 371 cm³/mol. The Morgan fingerprint density at radius 1 is 0.396 bits per heavy atom. The number of benzene rings is 3. The van der Waals surface area contributed by atoms with Crippen LogP contribution in [0.15, 0.2) is 142 Å². The van der Waals surface area contributed by atoms with Gasteiger partial charge >= 0.3 is 18.0 Å². The Kier molecular flexibility index (Phi) is 18.0. The van der Waals surface area contributed by atoms with Gasteiger partial charge in [0, 0.05) is 78.2 Å². The van der Waals surface area contributed by atoms with Gasteiger partial charge in [-0.25, -0.2) is 59.8 Å². The van der Waals surface area contributed by atoms with Crippen molar-refractivity contribution >= 4 is 95.9 Å².